The molecular weight excluding hydrogens is 234 g/mol. The summed E-state index contributed by atoms with van der Waals surface area (Å²) in [6, 6.07) is 19.0. The number of ether oxygens (including phenoxy) is 1. The Balaban J connectivity index is 2.05. The van der Waals surface area contributed by atoms with Gasteiger partial charge in [-0.3, -0.25) is 0 Å². The van der Waals surface area contributed by atoms with Gasteiger partial charge in [0, 0.05) is 18.2 Å². The molecule has 2 aromatic rings. The molecule has 100 valence electrons. The van der Waals surface area contributed by atoms with Gasteiger partial charge in [0.25, 0.3) is 0 Å². The third-order valence-electron chi connectivity index (χ3n) is 2.88. The molecule has 0 fully saturated rings. The lowest BCUT2D eigenvalue weighted by Crippen LogP contribution is -2.27. The molecule has 0 aromatic heterocycles. The van der Waals surface area contributed by atoms with Crippen molar-refractivity contribution in [3.8, 4) is 16.9 Å². The molecule has 0 radical (unpaired) electrons. The third-order valence-corrected chi connectivity index (χ3v) is 2.88. The first-order valence-electron chi connectivity index (χ1n) is 6.78. The van der Waals surface area contributed by atoms with Crippen molar-refractivity contribution in [3.63, 3.8) is 0 Å². The van der Waals surface area contributed by atoms with Gasteiger partial charge in [-0.05, 0) is 11.6 Å². The summed E-state index contributed by atoms with van der Waals surface area (Å²) in [4.78, 5) is 0. The summed E-state index contributed by atoms with van der Waals surface area (Å²) in [7, 11) is 0. The number of hydrogen-bond donors (Lipinski definition) is 1. The fraction of sp³-hybridized carbons (Fsp3) is 0.294. The van der Waals surface area contributed by atoms with Crippen LogP contribution in [0, 0.1) is 0 Å². The summed E-state index contributed by atoms with van der Waals surface area (Å²) in [6.07, 6.45) is 0. The minimum atomic E-state index is 0.493. The van der Waals surface area contributed by atoms with E-state index in [1.54, 1.807) is 0 Å². The number of hydrogen-bond acceptors (Lipinski definition) is 2. The SMILES string of the molecule is CC(C)NCCOc1ccccc1-c1ccccc1. The Morgan fingerprint density at radius 2 is 1.63 bits per heavy atom. The summed E-state index contributed by atoms with van der Waals surface area (Å²) in [5.41, 5.74) is 2.34. The predicted octanol–water partition coefficient (Wildman–Crippen LogP) is 3.73. The first-order valence-corrected chi connectivity index (χ1v) is 6.78. The zero-order valence-electron chi connectivity index (χ0n) is 11.6. The van der Waals surface area contributed by atoms with E-state index in [0.717, 1.165) is 17.9 Å². The van der Waals surface area contributed by atoms with Crippen LogP contribution >= 0.6 is 0 Å². The molecule has 0 aliphatic rings. The molecule has 0 amide bonds. The zero-order chi connectivity index (χ0) is 13.5. The second-order valence-electron chi connectivity index (χ2n) is 4.82. The summed E-state index contributed by atoms with van der Waals surface area (Å²) in [6.45, 7) is 5.82. The van der Waals surface area contributed by atoms with Gasteiger partial charge in [0.2, 0.25) is 0 Å². The van der Waals surface area contributed by atoms with E-state index in [1.807, 2.05) is 36.4 Å². The van der Waals surface area contributed by atoms with Gasteiger partial charge in [-0.15, -0.1) is 0 Å². The monoisotopic (exact) mass is 255 g/mol. The average Bonchev–Trinajstić information content (AvgIpc) is 2.45. The quantitative estimate of drug-likeness (QED) is 0.794. The standard InChI is InChI=1S/C17H21NO/c1-14(2)18-12-13-19-17-11-7-6-10-16(17)15-8-4-3-5-9-15/h3-11,14,18H,12-13H2,1-2H3. The molecule has 0 unspecified atom stereocenters. The highest BCUT2D eigenvalue weighted by atomic mass is 16.5. The summed E-state index contributed by atoms with van der Waals surface area (Å²) in [5, 5.41) is 3.35. The van der Waals surface area contributed by atoms with Gasteiger partial charge >= 0.3 is 0 Å². The maximum absolute atomic E-state index is 5.88. The van der Waals surface area contributed by atoms with Crippen molar-refractivity contribution in [3.05, 3.63) is 54.6 Å². The first-order chi connectivity index (χ1) is 9.27. The van der Waals surface area contributed by atoms with E-state index in [1.165, 1.54) is 5.56 Å². The number of nitrogens with one attached hydrogen (secondary N) is 1. The molecule has 0 saturated heterocycles. The summed E-state index contributed by atoms with van der Waals surface area (Å²) >= 11 is 0. The lowest BCUT2D eigenvalue weighted by molar-refractivity contribution is 0.310. The molecule has 2 heteroatoms. The molecule has 0 aliphatic heterocycles. The molecule has 1 N–H and O–H groups in total. The predicted molar refractivity (Wildman–Crippen MR) is 80.5 cm³/mol. The van der Waals surface area contributed by atoms with Crippen molar-refractivity contribution in [2.24, 2.45) is 0 Å². The molecule has 0 heterocycles. The molecule has 0 bridgehead atoms. The lowest BCUT2D eigenvalue weighted by Gasteiger charge is -2.13. The Morgan fingerprint density at radius 1 is 0.947 bits per heavy atom. The highest BCUT2D eigenvalue weighted by Crippen LogP contribution is 2.29. The van der Waals surface area contributed by atoms with Gasteiger partial charge in [-0.2, -0.15) is 0 Å². The Bertz CT molecular complexity index is 494. The van der Waals surface area contributed by atoms with Gasteiger partial charge < -0.3 is 10.1 Å². The van der Waals surface area contributed by atoms with Crippen molar-refractivity contribution in [2.45, 2.75) is 19.9 Å². The number of rotatable bonds is 6. The van der Waals surface area contributed by atoms with Crippen LogP contribution in [0.1, 0.15) is 13.8 Å². The van der Waals surface area contributed by atoms with E-state index in [4.69, 9.17) is 4.74 Å². The van der Waals surface area contributed by atoms with Crippen molar-refractivity contribution in [1.82, 2.24) is 5.32 Å². The third kappa shape index (κ3) is 4.11. The van der Waals surface area contributed by atoms with Crippen LogP contribution in [0.2, 0.25) is 0 Å². The smallest absolute Gasteiger partial charge is 0.127 e. The Morgan fingerprint density at radius 3 is 2.37 bits per heavy atom. The van der Waals surface area contributed by atoms with Crippen LogP contribution in [0.15, 0.2) is 54.6 Å². The summed E-state index contributed by atoms with van der Waals surface area (Å²) < 4.78 is 5.88. The highest BCUT2D eigenvalue weighted by molar-refractivity contribution is 5.70. The van der Waals surface area contributed by atoms with E-state index < -0.39 is 0 Å². The normalized spacial score (nSPS) is 10.7. The van der Waals surface area contributed by atoms with E-state index in [9.17, 15) is 0 Å². The van der Waals surface area contributed by atoms with Gasteiger partial charge in [-0.25, -0.2) is 0 Å². The van der Waals surface area contributed by atoms with Crippen molar-refractivity contribution >= 4 is 0 Å². The van der Waals surface area contributed by atoms with E-state index in [2.05, 4.69) is 37.4 Å². The molecular formula is C17H21NO. The van der Waals surface area contributed by atoms with Crippen molar-refractivity contribution < 1.29 is 4.74 Å². The lowest BCUT2D eigenvalue weighted by atomic mass is 10.1. The molecule has 2 rings (SSSR count). The van der Waals surface area contributed by atoms with Gasteiger partial charge in [-0.1, -0.05) is 62.4 Å². The maximum atomic E-state index is 5.88. The number of para-hydroxylation sites is 1. The van der Waals surface area contributed by atoms with Crippen LogP contribution in [0.3, 0.4) is 0 Å². The van der Waals surface area contributed by atoms with E-state index >= 15 is 0 Å². The molecule has 0 saturated carbocycles. The largest absolute Gasteiger partial charge is 0.492 e. The number of benzene rings is 2. The maximum Gasteiger partial charge on any atom is 0.127 e. The minimum Gasteiger partial charge on any atom is -0.492 e. The van der Waals surface area contributed by atoms with Crippen LogP contribution in [-0.2, 0) is 0 Å². The molecule has 19 heavy (non-hydrogen) atoms. The van der Waals surface area contributed by atoms with Crippen LogP contribution in [0.5, 0.6) is 5.75 Å². The minimum absolute atomic E-state index is 0.493. The molecule has 0 spiro atoms. The van der Waals surface area contributed by atoms with Gasteiger partial charge in [0.05, 0.1) is 0 Å². The fourth-order valence-corrected chi connectivity index (χ4v) is 1.96. The highest BCUT2D eigenvalue weighted by Gasteiger charge is 2.04. The fourth-order valence-electron chi connectivity index (χ4n) is 1.96. The van der Waals surface area contributed by atoms with E-state index in [-0.39, 0.29) is 0 Å². The molecule has 2 nitrogen and oxygen atoms in total. The van der Waals surface area contributed by atoms with Gasteiger partial charge in [0.1, 0.15) is 12.4 Å². The van der Waals surface area contributed by atoms with Gasteiger partial charge in [0.15, 0.2) is 0 Å². The zero-order valence-corrected chi connectivity index (χ0v) is 11.6. The van der Waals surface area contributed by atoms with Crippen LogP contribution in [-0.4, -0.2) is 19.2 Å². The average molecular weight is 255 g/mol. The Hall–Kier alpha value is -1.80. The van der Waals surface area contributed by atoms with Crippen molar-refractivity contribution in [2.75, 3.05) is 13.2 Å². The molecule has 0 atom stereocenters. The second-order valence-corrected chi connectivity index (χ2v) is 4.82. The van der Waals surface area contributed by atoms with Crippen molar-refractivity contribution in [1.29, 1.82) is 0 Å². The van der Waals surface area contributed by atoms with E-state index in [0.29, 0.717) is 12.6 Å². The Labute approximate surface area is 115 Å². The second kappa shape index (κ2) is 6.95. The molecule has 2 aromatic carbocycles. The molecule has 0 aliphatic carbocycles. The summed E-state index contributed by atoms with van der Waals surface area (Å²) in [5.74, 6) is 0.944. The Kier molecular flexibility index (Phi) is 4.99. The first kappa shape index (κ1) is 13.6. The van der Waals surface area contributed by atoms with Crippen LogP contribution < -0.4 is 10.1 Å². The van der Waals surface area contributed by atoms with Crippen LogP contribution in [0.4, 0.5) is 0 Å². The van der Waals surface area contributed by atoms with Crippen LogP contribution in [0.25, 0.3) is 11.1 Å². The topological polar surface area (TPSA) is 21.3 Å².